The van der Waals surface area contributed by atoms with Gasteiger partial charge in [-0.05, 0) is 30.6 Å². The fourth-order valence-corrected chi connectivity index (χ4v) is 3.70. The third-order valence-electron chi connectivity index (χ3n) is 5.04. The first kappa shape index (κ1) is 13.9. The molecule has 3 atom stereocenters. The van der Waals surface area contributed by atoms with Gasteiger partial charge in [-0.2, -0.15) is 0 Å². The Bertz CT molecular complexity index is 276. The maximum atomic E-state index is 12.1. The molecule has 0 bridgehead atoms. The molecule has 3 nitrogen and oxygen atoms in total. The van der Waals surface area contributed by atoms with Crippen LogP contribution in [0.25, 0.3) is 0 Å². The Hall–Kier alpha value is -0.570. The molecule has 2 rings (SSSR count). The van der Waals surface area contributed by atoms with Crippen LogP contribution in [0, 0.1) is 23.7 Å². The summed E-state index contributed by atoms with van der Waals surface area (Å²) in [5, 5.41) is 13.0. The van der Waals surface area contributed by atoms with E-state index in [0.717, 1.165) is 12.8 Å². The summed E-state index contributed by atoms with van der Waals surface area (Å²) in [6.45, 7) is 4.62. The van der Waals surface area contributed by atoms with E-state index >= 15 is 0 Å². The molecule has 18 heavy (non-hydrogen) atoms. The minimum atomic E-state index is -0.385. The van der Waals surface area contributed by atoms with E-state index in [9.17, 15) is 9.90 Å². The first-order valence-corrected chi connectivity index (χ1v) is 7.64. The Morgan fingerprint density at radius 2 is 1.78 bits per heavy atom. The number of nitrogens with one attached hydrogen (secondary N) is 1. The number of aliphatic hydroxyl groups is 1. The number of fused-ring (bicyclic) bond motifs is 1. The molecule has 2 saturated carbocycles. The highest BCUT2D eigenvalue weighted by Crippen LogP contribution is 2.55. The highest BCUT2D eigenvalue weighted by molar-refractivity contribution is 5.82. The van der Waals surface area contributed by atoms with Gasteiger partial charge >= 0.3 is 0 Å². The maximum Gasteiger partial charge on any atom is 0.223 e. The minimum absolute atomic E-state index is 0.192. The number of aliphatic hydroxyl groups excluding tert-OH is 1. The molecule has 0 aromatic rings. The smallest absolute Gasteiger partial charge is 0.223 e. The number of amides is 1. The highest BCUT2D eigenvalue weighted by atomic mass is 16.3. The standard InChI is InChI=1S/C15H27NO2/c1-3-10(4-2)13(17)9-16-15(18)14-11-7-5-6-8-12(11)14/h10-14,17H,3-9H2,1-2H3,(H,16,18). The lowest BCUT2D eigenvalue weighted by atomic mass is 9.96. The van der Waals surface area contributed by atoms with E-state index in [1.807, 2.05) is 0 Å². The van der Waals surface area contributed by atoms with Crippen LogP contribution >= 0.6 is 0 Å². The lowest BCUT2D eigenvalue weighted by molar-refractivity contribution is -0.123. The fourth-order valence-electron chi connectivity index (χ4n) is 3.70. The van der Waals surface area contributed by atoms with E-state index in [0.29, 0.717) is 24.3 Å². The van der Waals surface area contributed by atoms with Crippen molar-refractivity contribution >= 4 is 5.91 Å². The molecule has 2 aliphatic rings. The lowest BCUT2D eigenvalue weighted by Crippen LogP contribution is -2.37. The number of hydrogen-bond acceptors (Lipinski definition) is 2. The monoisotopic (exact) mass is 253 g/mol. The van der Waals surface area contributed by atoms with Crippen LogP contribution in [0.2, 0.25) is 0 Å². The number of hydrogen-bond donors (Lipinski definition) is 2. The number of carbonyl (C=O) groups excluding carboxylic acids is 1. The molecule has 0 aliphatic heterocycles. The topological polar surface area (TPSA) is 49.3 Å². The van der Waals surface area contributed by atoms with Crippen LogP contribution in [-0.2, 0) is 4.79 Å². The number of rotatable bonds is 6. The fraction of sp³-hybridized carbons (Fsp3) is 0.933. The van der Waals surface area contributed by atoms with Gasteiger partial charge in [0.15, 0.2) is 0 Å². The third-order valence-corrected chi connectivity index (χ3v) is 5.04. The van der Waals surface area contributed by atoms with Crippen molar-refractivity contribution in [2.75, 3.05) is 6.54 Å². The molecule has 0 aromatic heterocycles. The molecule has 0 spiro atoms. The molecule has 0 saturated heterocycles. The number of carbonyl (C=O) groups is 1. The van der Waals surface area contributed by atoms with Crippen LogP contribution in [0.1, 0.15) is 52.4 Å². The van der Waals surface area contributed by atoms with Gasteiger partial charge in [0, 0.05) is 12.5 Å². The zero-order chi connectivity index (χ0) is 13.1. The normalized spacial score (nSPS) is 31.9. The quantitative estimate of drug-likeness (QED) is 0.763. The molecule has 0 heterocycles. The van der Waals surface area contributed by atoms with Crippen molar-refractivity contribution in [2.24, 2.45) is 23.7 Å². The van der Waals surface area contributed by atoms with E-state index in [1.54, 1.807) is 0 Å². The molecule has 2 fully saturated rings. The van der Waals surface area contributed by atoms with Gasteiger partial charge in [0.1, 0.15) is 0 Å². The second-order valence-corrected chi connectivity index (χ2v) is 6.03. The minimum Gasteiger partial charge on any atom is -0.391 e. The second-order valence-electron chi connectivity index (χ2n) is 6.03. The summed E-state index contributed by atoms with van der Waals surface area (Å²) in [6.07, 6.45) is 6.62. The summed E-state index contributed by atoms with van der Waals surface area (Å²) < 4.78 is 0. The predicted molar refractivity (Wildman–Crippen MR) is 72.0 cm³/mol. The van der Waals surface area contributed by atoms with Crippen molar-refractivity contribution in [1.29, 1.82) is 0 Å². The van der Waals surface area contributed by atoms with Gasteiger partial charge in [-0.1, -0.05) is 39.5 Å². The van der Waals surface area contributed by atoms with Gasteiger partial charge in [0.25, 0.3) is 0 Å². The average Bonchev–Trinajstić information content (AvgIpc) is 3.11. The summed E-state index contributed by atoms with van der Waals surface area (Å²) in [4.78, 5) is 12.1. The van der Waals surface area contributed by atoms with E-state index in [1.165, 1.54) is 25.7 Å². The Morgan fingerprint density at radius 3 is 2.28 bits per heavy atom. The van der Waals surface area contributed by atoms with Crippen LogP contribution in [0.4, 0.5) is 0 Å². The van der Waals surface area contributed by atoms with Crippen molar-refractivity contribution in [1.82, 2.24) is 5.32 Å². The zero-order valence-corrected chi connectivity index (χ0v) is 11.7. The van der Waals surface area contributed by atoms with E-state index in [2.05, 4.69) is 19.2 Å². The third kappa shape index (κ3) is 2.87. The molecule has 1 amide bonds. The first-order chi connectivity index (χ1) is 8.69. The highest BCUT2D eigenvalue weighted by Gasteiger charge is 2.54. The summed E-state index contributed by atoms with van der Waals surface area (Å²) in [5.74, 6) is 2.08. The Balaban J connectivity index is 1.72. The predicted octanol–water partition coefficient (Wildman–Crippen LogP) is 2.34. The largest absolute Gasteiger partial charge is 0.391 e. The molecule has 0 radical (unpaired) electrons. The van der Waals surface area contributed by atoms with Crippen molar-refractivity contribution < 1.29 is 9.90 Å². The summed E-state index contributed by atoms with van der Waals surface area (Å²) >= 11 is 0. The lowest BCUT2D eigenvalue weighted by Gasteiger charge is -2.20. The van der Waals surface area contributed by atoms with Crippen LogP contribution in [0.3, 0.4) is 0 Å². The van der Waals surface area contributed by atoms with Gasteiger partial charge in [-0.3, -0.25) is 4.79 Å². The molecule has 0 aromatic carbocycles. The van der Waals surface area contributed by atoms with E-state index < -0.39 is 0 Å². The molecule has 104 valence electrons. The van der Waals surface area contributed by atoms with Gasteiger partial charge in [-0.15, -0.1) is 0 Å². The summed E-state index contributed by atoms with van der Waals surface area (Å²) in [5.41, 5.74) is 0. The van der Waals surface area contributed by atoms with Crippen molar-refractivity contribution in [3.05, 3.63) is 0 Å². The van der Waals surface area contributed by atoms with Crippen LogP contribution < -0.4 is 5.32 Å². The Labute approximate surface area is 110 Å². The van der Waals surface area contributed by atoms with Crippen molar-refractivity contribution in [3.63, 3.8) is 0 Å². The molecule has 2 aliphatic carbocycles. The van der Waals surface area contributed by atoms with Gasteiger partial charge in [0.2, 0.25) is 5.91 Å². The van der Waals surface area contributed by atoms with Crippen molar-refractivity contribution in [3.8, 4) is 0 Å². The van der Waals surface area contributed by atoms with Gasteiger partial charge in [0.05, 0.1) is 6.10 Å². The van der Waals surface area contributed by atoms with Gasteiger partial charge in [-0.25, -0.2) is 0 Å². The van der Waals surface area contributed by atoms with Crippen molar-refractivity contribution in [2.45, 2.75) is 58.5 Å². The zero-order valence-electron chi connectivity index (χ0n) is 11.7. The first-order valence-electron chi connectivity index (χ1n) is 7.64. The van der Waals surface area contributed by atoms with Crippen LogP contribution in [0.5, 0.6) is 0 Å². The van der Waals surface area contributed by atoms with E-state index in [-0.39, 0.29) is 17.9 Å². The second kappa shape index (κ2) is 6.05. The molecular formula is C15H27NO2. The molecule has 3 unspecified atom stereocenters. The Morgan fingerprint density at radius 1 is 1.22 bits per heavy atom. The molecular weight excluding hydrogens is 226 g/mol. The molecule has 3 heteroatoms. The van der Waals surface area contributed by atoms with E-state index in [4.69, 9.17) is 0 Å². The summed E-state index contributed by atoms with van der Waals surface area (Å²) in [6, 6.07) is 0. The van der Waals surface area contributed by atoms with Gasteiger partial charge < -0.3 is 10.4 Å². The summed E-state index contributed by atoms with van der Waals surface area (Å²) in [7, 11) is 0. The average molecular weight is 253 g/mol. The van der Waals surface area contributed by atoms with Crippen LogP contribution in [-0.4, -0.2) is 23.7 Å². The molecule has 2 N–H and O–H groups in total. The SMILES string of the molecule is CCC(CC)C(O)CNC(=O)C1C2CCCCC21. The Kier molecular flexibility index (Phi) is 4.66. The maximum absolute atomic E-state index is 12.1. The van der Waals surface area contributed by atoms with Crippen LogP contribution in [0.15, 0.2) is 0 Å².